The minimum absolute atomic E-state index is 0.160. The first-order chi connectivity index (χ1) is 11.0. The van der Waals surface area contributed by atoms with E-state index in [0.717, 1.165) is 5.56 Å². The third kappa shape index (κ3) is 5.66. The Balaban J connectivity index is 1.75. The van der Waals surface area contributed by atoms with Gasteiger partial charge >= 0.3 is 6.03 Å². The molecule has 3 amide bonds. The van der Waals surface area contributed by atoms with Gasteiger partial charge < -0.3 is 21.1 Å². The van der Waals surface area contributed by atoms with Crippen LogP contribution in [0.5, 0.6) is 5.75 Å². The fourth-order valence-electron chi connectivity index (χ4n) is 1.78. The van der Waals surface area contributed by atoms with Crippen LogP contribution in [0.15, 0.2) is 48.5 Å². The van der Waals surface area contributed by atoms with E-state index < -0.39 is 6.03 Å². The molecular weight excluding hydrogens is 301 g/mol. The van der Waals surface area contributed by atoms with Crippen LogP contribution in [-0.4, -0.2) is 18.5 Å². The van der Waals surface area contributed by atoms with Crippen molar-refractivity contribution in [3.63, 3.8) is 0 Å². The summed E-state index contributed by atoms with van der Waals surface area (Å²) >= 11 is 0. The van der Waals surface area contributed by atoms with Crippen LogP contribution < -0.4 is 21.1 Å². The molecule has 7 heteroatoms. The van der Waals surface area contributed by atoms with Gasteiger partial charge in [-0.05, 0) is 42.0 Å². The van der Waals surface area contributed by atoms with Gasteiger partial charge in [0.15, 0.2) is 6.61 Å². The molecular formula is C16H16FN3O3. The molecule has 2 rings (SSSR count). The van der Waals surface area contributed by atoms with Crippen LogP contribution in [0, 0.1) is 5.82 Å². The Morgan fingerprint density at radius 2 is 1.70 bits per heavy atom. The molecule has 0 aliphatic heterocycles. The van der Waals surface area contributed by atoms with Crippen LogP contribution >= 0.6 is 0 Å². The normalized spacial score (nSPS) is 9.96. The molecule has 6 nitrogen and oxygen atoms in total. The molecule has 0 spiro atoms. The SMILES string of the molecule is NC(=O)Nc1ccc(CNC(=O)COc2ccc(F)cc2)cc1. The van der Waals surface area contributed by atoms with Crippen molar-refractivity contribution < 1.29 is 18.7 Å². The number of amides is 3. The van der Waals surface area contributed by atoms with E-state index in [9.17, 15) is 14.0 Å². The Bertz CT molecular complexity index is 672. The maximum atomic E-state index is 12.7. The smallest absolute Gasteiger partial charge is 0.316 e. The van der Waals surface area contributed by atoms with Crippen molar-refractivity contribution in [2.24, 2.45) is 5.73 Å². The third-order valence-electron chi connectivity index (χ3n) is 2.89. The van der Waals surface area contributed by atoms with Crippen LogP contribution in [0.1, 0.15) is 5.56 Å². The highest BCUT2D eigenvalue weighted by Gasteiger charge is 2.03. The number of urea groups is 1. The van der Waals surface area contributed by atoms with E-state index in [1.54, 1.807) is 24.3 Å². The van der Waals surface area contributed by atoms with Gasteiger partial charge in [-0.2, -0.15) is 0 Å². The van der Waals surface area contributed by atoms with E-state index in [0.29, 0.717) is 18.0 Å². The Kier molecular flexibility index (Phi) is 5.51. The van der Waals surface area contributed by atoms with E-state index >= 15 is 0 Å². The predicted octanol–water partition coefficient (Wildman–Crippen LogP) is 2.01. The maximum Gasteiger partial charge on any atom is 0.316 e. The largest absolute Gasteiger partial charge is 0.484 e. The average Bonchev–Trinajstić information content (AvgIpc) is 2.53. The number of carbonyl (C=O) groups is 2. The van der Waals surface area contributed by atoms with Crippen molar-refractivity contribution in [2.45, 2.75) is 6.54 Å². The summed E-state index contributed by atoms with van der Waals surface area (Å²) in [6, 6.07) is 11.7. The van der Waals surface area contributed by atoms with Gasteiger partial charge in [-0.1, -0.05) is 12.1 Å². The lowest BCUT2D eigenvalue weighted by atomic mass is 10.2. The van der Waals surface area contributed by atoms with Gasteiger partial charge in [0, 0.05) is 12.2 Å². The second kappa shape index (κ2) is 7.79. The van der Waals surface area contributed by atoms with E-state index in [1.165, 1.54) is 24.3 Å². The highest BCUT2D eigenvalue weighted by atomic mass is 19.1. The van der Waals surface area contributed by atoms with Crippen LogP contribution in [-0.2, 0) is 11.3 Å². The van der Waals surface area contributed by atoms with Gasteiger partial charge in [-0.15, -0.1) is 0 Å². The van der Waals surface area contributed by atoms with Crippen molar-refractivity contribution in [1.29, 1.82) is 0 Å². The Labute approximate surface area is 132 Å². The van der Waals surface area contributed by atoms with Gasteiger partial charge in [0.25, 0.3) is 5.91 Å². The zero-order valence-electron chi connectivity index (χ0n) is 12.2. The van der Waals surface area contributed by atoms with Gasteiger partial charge in [0.05, 0.1) is 0 Å². The number of carbonyl (C=O) groups excluding carboxylic acids is 2. The standard InChI is InChI=1S/C16H16FN3O3/c17-12-3-7-14(8-4-12)23-10-15(21)19-9-11-1-5-13(6-2-11)20-16(18)22/h1-8H,9-10H2,(H,19,21)(H3,18,20,22). The molecule has 2 aromatic rings. The number of rotatable bonds is 6. The zero-order valence-corrected chi connectivity index (χ0v) is 12.2. The molecule has 0 aliphatic rings. The first-order valence-electron chi connectivity index (χ1n) is 6.83. The summed E-state index contributed by atoms with van der Waals surface area (Å²) in [4.78, 5) is 22.4. The van der Waals surface area contributed by atoms with Crippen molar-refractivity contribution in [3.8, 4) is 5.75 Å². The Morgan fingerprint density at radius 1 is 1.04 bits per heavy atom. The van der Waals surface area contributed by atoms with Gasteiger partial charge in [-0.25, -0.2) is 9.18 Å². The minimum Gasteiger partial charge on any atom is -0.484 e. The predicted molar refractivity (Wildman–Crippen MR) is 83.4 cm³/mol. The fraction of sp³-hybridized carbons (Fsp3) is 0.125. The lowest BCUT2D eigenvalue weighted by Gasteiger charge is -2.08. The van der Waals surface area contributed by atoms with Crippen LogP contribution in [0.25, 0.3) is 0 Å². The monoisotopic (exact) mass is 317 g/mol. The van der Waals surface area contributed by atoms with Gasteiger partial charge in [0.1, 0.15) is 11.6 Å². The molecule has 0 saturated carbocycles. The summed E-state index contributed by atoms with van der Waals surface area (Å²) < 4.78 is 18.0. The zero-order chi connectivity index (χ0) is 16.7. The van der Waals surface area contributed by atoms with Crippen molar-refractivity contribution >= 4 is 17.6 Å². The number of nitrogens with two attached hydrogens (primary N) is 1. The molecule has 0 radical (unpaired) electrons. The van der Waals surface area contributed by atoms with Gasteiger partial charge in [0.2, 0.25) is 0 Å². The molecule has 0 saturated heterocycles. The first kappa shape index (κ1) is 16.3. The molecule has 0 bridgehead atoms. The lowest BCUT2D eigenvalue weighted by molar-refractivity contribution is -0.123. The minimum atomic E-state index is -0.635. The van der Waals surface area contributed by atoms with E-state index in [4.69, 9.17) is 10.5 Å². The van der Waals surface area contributed by atoms with E-state index in [-0.39, 0.29) is 18.3 Å². The molecule has 120 valence electrons. The lowest BCUT2D eigenvalue weighted by Crippen LogP contribution is -2.28. The summed E-state index contributed by atoms with van der Waals surface area (Å²) in [5, 5.41) is 5.13. The summed E-state index contributed by atoms with van der Waals surface area (Å²) in [7, 11) is 0. The van der Waals surface area contributed by atoms with Crippen LogP contribution in [0.3, 0.4) is 0 Å². The van der Waals surface area contributed by atoms with Crippen molar-refractivity contribution in [2.75, 3.05) is 11.9 Å². The van der Waals surface area contributed by atoms with E-state index in [1.807, 2.05) is 0 Å². The van der Waals surface area contributed by atoms with Crippen molar-refractivity contribution in [3.05, 3.63) is 59.9 Å². The highest BCUT2D eigenvalue weighted by molar-refractivity contribution is 5.87. The van der Waals surface area contributed by atoms with Crippen LogP contribution in [0.2, 0.25) is 0 Å². The number of ether oxygens (including phenoxy) is 1. The average molecular weight is 317 g/mol. The molecule has 23 heavy (non-hydrogen) atoms. The summed E-state index contributed by atoms with van der Waals surface area (Å²) in [6.07, 6.45) is 0. The molecule has 0 fully saturated rings. The summed E-state index contributed by atoms with van der Waals surface area (Å²) in [6.45, 7) is 0.162. The second-order valence-electron chi connectivity index (χ2n) is 4.71. The topological polar surface area (TPSA) is 93.5 Å². The summed E-state index contributed by atoms with van der Waals surface area (Å²) in [5.74, 6) is -0.242. The number of nitrogens with one attached hydrogen (secondary N) is 2. The Hall–Kier alpha value is -3.09. The molecule has 4 N–H and O–H groups in total. The van der Waals surface area contributed by atoms with Crippen molar-refractivity contribution in [1.82, 2.24) is 5.32 Å². The fourth-order valence-corrected chi connectivity index (χ4v) is 1.78. The molecule has 0 aromatic heterocycles. The first-order valence-corrected chi connectivity index (χ1v) is 6.83. The quantitative estimate of drug-likeness (QED) is 0.761. The molecule has 2 aromatic carbocycles. The summed E-state index contributed by atoms with van der Waals surface area (Å²) in [5.41, 5.74) is 6.44. The second-order valence-corrected chi connectivity index (χ2v) is 4.71. The van der Waals surface area contributed by atoms with Crippen LogP contribution in [0.4, 0.5) is 14.9 Å². The molecule has 0 heterocycles. The van der Waals surface area contributed by atoms with E-state index in [2.05, 4.69) is 10.6 Å². The number of benzene rings is 2. The third-order valence-corrected chi connectivity index (χ3v) is 2.89. The molecule has 0 aliphatic carbocycles. The maximum absolute atomic E-state index is 12.7. The number of hydrogen-bond donors (Lipinski definition) is 3. The highest BCUT2D eigenvalue weighted by Crippen LogP contribution is 2.11. The number of hydrogen-bond acceptors (Lipinski definition) is 3. The number of halogens is 1. The molecule has 0 unspecified atom stereocenters. The van der Waals surface area contributed by atoms with Gasteiger partial charge in [-0.3, -0.25) is 4.79 Å². The number of anilines is 1. The molecule has 0 atom stereocenters. The Morgan fingerprint density at radius 3 is 2.30 bits per heavy atom. The number of primary amides is 1.